The molecule has 2 N–H and O–H groups in total. The molecule has 6 heteroatoms. The first-order valence-electron chi connectivity index (χ1n) is 5.12. The second kappa shape index (κ2) is 6.55. The van der Waals surface area contributed by atoms with Gasteiger partial charge in [0.15, 0.2) is 5.82 Å². The van der Waals surface area contributed by atoms with Crippen LogP contribution in [0.5, 0.6) is 0 Å². The fraction of sp³-hybridized carbons (Fsp3) is 0.500. The number of carbonyl (C=O) groups is 1. The van der Waals surface area contributed by atoms with Gasteiger partial charge >= 0.3 is 0 Å². The molecule has 0 saturated carbocycles. The maximum Gasteiger partial charge on any atom is 0.229 e. The molecule has 0 aliphatic heterocycles. The number of anilines is 1. The molecular formula is C10H15BrN4O. The Balaban J connectivity index is 2.47. The van der Waals surface area contributed by atoms with Gasteiger partial charge in [-0.1, -0.05) is 13.8 Å². The van der Waals surface area contributed by atoms with Crippen molar-refractivity contribution in [3.63, 3.8) is 0 Å². The molecule has 1 unspecified atom stereocenters. The molecule has 88 valence electrons. The quantitative estimate of drug-likeness (QED) is 0.859. The van der Waals surface area contributed by atoms with Gasteiger partial charge in [0.05, 0.1) is 12.4 Å². The van der Waals surface area contributed by atoms with Gasteiger partial charge in [0, 0.05) is 12.5 Å². The zero-order valence-corrected chi connectivity index (χ0v) is 10.9. The number of hydrogen-bond acceptors (Lipinski definition) is 4. The number of aromatic nitrogens is 2. The molecule has 0 aliphatic rings. The summed E-state index contributed by atoms with van der Waals surface area (Å²) < 4.78 is 0.645. The molecule has 1 aromatic heterocycles. The van der Waals surface area contributed by atoms with Crippen LogP contribution in [0, 0.1) is 5.92 Å². The first kappa shape index (κ1) is 13.1. The average molecular weight is 287 g/mol. The molecule has 0 aromatic carbocycles. The maximum absolute atomic E-state index is 11.7. The predicted molar refractivity (Wildman–Crippen MR) is 66.1 cm³/mol. The van der Waals surface area contributed by atoms with Gasteiger partial charge in [-0.05, 0) is 22.5 Å². The van der Waals surface area contributed by atoms with E-state index < -0.39 is 0 Å². The van der Waals surface area contributed by atoms with Gasteiger partial charge in [0.25, 0.3) is 0 Å². The minimum absolute atomic E-state index is 0.0578. The number of nitrogens with one attached hydrogen (secondary N) is 2. The third-order valence-corrected chi connectivity index (χ3v) is 2.43. The summed E-state index contributed by atoms with van der Waals surface area (Å²) in [5.41, 5.74) is 0. The molecule has 16 heavy (non-hydrogen) atoms. The summed E-state index contributed by atoms with van der Waals surface area (Å²) in [5.74, 6) is 0.319. The lowest BCUT2D eigenvalue weighted by Crippen LogP contribution is -2.30. The summed E-state index contributed by atoms with van der Waals surface area (Å²) in [5, 5.41) is 5.82. The molecule has 1 amide bonds. The summed E-state index contributed by atoms with van der Waals surface area (Å²) in [6.45, 7) is 5.39. The van der Waals surface area contributed by atoms with Gasteiger partial charge in [0.1, 0.15) is 4.60 Å². The van der Waals surface area contributed by atoms with E-state index in [0.717, 1.165) is 6.54 Å². The minimum atomic E-state index is -0.0922. The van der Waals surface area contributed by atoms with Crippen molar-refractivity contribution in [2.45, 2.75) is 13.8 Å². The van der Waals surface area contributed by atoms with Crippen molar-refractivity contribution in [1.29, 1.82) is 0 Å². The fourth-order valence-electron chi connectivity index (χ4n) is 1.08. The summed E-state index contributed by atoms with van der Waals surface area (Å²) in [6.07, 6.45) is 3.06. The third kappa shape index (κ3) is 4.24. The van der Waals surface area contributed by atoms with E-state index in [9.17, 15) is 4.79 Å². The zero-order chi connectivity index (χ0) is 12.0. The topological polar surface area (TPSA) is 66.9 Å². The van der Waals surface area contributed by atoms with Crippen LogP contribution in [0.3, 0.4) is 0 Å². The van der Waals surface area contributed by atoms with Crippen LogP contribution in [0.4, 0.5) is 5.82 Å². The smallest absolute Gasteiger partial charge is 0.229 e. The lowest BCUT2D eigenvalue weighted by Gasteiger charge is -2.11. The van der Waals surface area contributed by atoms with Crippen LogP contribution in [-0.4, -0.2) is 29.0 Å². The van der Waals surface area contributed by atoms with Crippen LogP contribution in [0.15, 0.2) is 17.0 Å². The Bertz CT molecular complexity index is 341. The Morgan fingerprint density at radius 1 is 1.50 bits per heavy atom. The second-order valence-electron chi connectivity index (χ2n) is 3.42. The van der Waals surface area contributed by atoms with E-state index in [1.807, 2.05) is 13.8 Å². The highest BCUT2D eigenvalue weighted by atomic mass is 79.9. The lowest BCUT2D eigenvalue weighted by molar-refractivity contribution is -0.119. The van der Waals surface area contributed by atoms with E-state index in [0.29, 0.717) is 17.0 Å². The van der Waals surface area contributed by atoms with Crippen LogP contribution in [-0.2, 0) is 4.79 Å². The number of halogens is 1. The first-order chi connectivity index (χ1) is 7.63. The van der Waals surface area contributed by atoms with Crippen LogP contribution < -0.4 is 10.6 Å². The molecule has 0 radical (unpaired) electrons. The second-order valence-corrected chi connectivity index (χ2v) is 4.23. The zero-order valence-electron chi connectivity index (χ0n) is 9.33. The number of carbonyl (C=O) groups excluding carboxylic acids is 1. The van der Waals surface area contributed by atoms with Crippen molar-refractivity contribution in [1.82, 2.24) is 15.3 Å². The Morgan fingerprint density at radius 2 is 2.25 bits per heavy atom. The van der Waals surface area contributed by atoms with Gasteiger partial charge in [0.2, 0.25) is 5.91 Å². The van der Waals surface area contributed by atoms with Gasteiger partial charge < -0.3 is 10.6 Å². The van der Waals surface area contributed by atoms with Crippen molar-refractivity contribution in [3.05, 3.63) is 17.0 Å². The fourth-order valence-corrected chi connectivity index (χ4v) is 1.28. The van der Waals surface area contributed by atoms with Gasteiger partial charge in [-0.25, -0.2) is 9.97 Å². The van der Waals surface area contributed by atoms with E-state index in [1.165, 1.54) is 6.20 Å². The highest BCUT2D eigenvalue weighted by Crippen LogP contribution is 2.07. The van der Waals surface area contributed by atoms with Crippen LogP contribution in [0.2, 0.25) is 0 Å². The maximum atomic E-state index is 11.7. The highest BCUT2D eigenvalue weighted by Gasteiger charge is 2.12. The van der Waals surface area contributed by atoms with Crippen molar-refractivity contribution in [3.8, 4) is 0 Å². The molecule has 0 saturated heterocycles. The molecule has 1 rings (SSSR count). The predicted octanol–water partition coefficient (Wildman–Crippen LogP) is 1.42. The lowest BCUT2D eigenvalue weighted by atomic mass is 10.1. The Hall–Kier alpha value is -1.01. The van der Waals surface area contributed by atoms with Crippen molar-refractivity contribution in [2.24, 2.45) is 5.92 Å². The number of amides is 1. The average Bonchev–Trinajstić information content (AvgIpc) is 2.29. The van der Waals surface area contributed by atoms with Crippen LogP contribution in [0.1, 0.15) is 13.8 Å². The summed E-state index contributed by atoms with van der Waals surface area (Å²) in [4.78, 5) is 19.7. The number of nitrogens with zero attached hydrogens (tertiary/aromatic N) is 2. The molecule has 0 fully saturated rings. The number of hydrogen-bond donors (Lipinski definition) is 2. The van der Waals surface area contributed by atoms with Crippen molar-refractivity contribution >= 4 is 27.7 Å². The Labute approximate surface area is 103 Å². The standard InChI is InChI=1S/C10H15BrN4O/c1-3-12-4-7(2)10(16)15-9-6-13-8(11)5-14-9/h5-7,12H,3-4H2,1-2H3,(H,14,15,16). The largest absolute Gasteiger partial charge is 0.316 e. The Kier molecular flexibility index (Phi) is 5.34. The summed E-state index contributed by atoms with van der Waals surface area (Å²) in [6, 6.07) is 0. The monoisotopic (exact) mass is 286 g/mol. The molecule has 5 nitrogen and oxygen atoms in total. The van der Waals surface area contributed by atoms with Gasteiger partial charge in [-0.15, -0.1) is 0 Å². The molecule has 1 heterocycles. The van der Waals surface area contributed by atoms with E-state index in [-0.39, 0.29) is 11.8 Å². The van der Waals surface area contributed by atoms with E-state index >= 15 is 0 Å². The summed E-state index contributed by atoms with van der Waals surface area (Å²) >= 11 is 3.18. The summed E-state index contributed by atoms with van der Waals surface area (Å²) in [7, 11) is 0. The molecule has 0 spiro atoms. The van der Waals surface area contributed by atoms with E-state index in [1.54, 1.807) is 6.20 Å². The third-order valence-electron chi connectivity index (χ3n) is 2.02. The van der Waals surface area contributed by atoms with Crippen molar-refractivity contribution in [2.75, 3.05) is 18.4 Å². The molecule has 0 bridgehead atoms. The number of rotatable bonds is 5. The van der Waals surface area contributed by atoms with Gasteiger partial charge in [-0.2, -0.15) is 0 Å². The van der Waals surface area contributed by atoms with E-state index in [2.05, 4.69) is 36.5 Å². The molecule has 0 aliphatic carbocycles. The van der Waals surface area contributed by atoms with Crippen molar-refractivity contribution < 1.29 is 4.79 Å². The normalized spacial score (nSPS) is 12.2. The molecule has 1 atom stereocenters. The molecular weight excluding hydrogens is 272 g/mol. The van der Waals surface area contributed by atoms with Crippen LogP contribution >= 0.6 is 15.9 Å². The first-order valence-corrected chi connectivity index (χ1v) is 5.92. The minimum Gasteiger partial charge on any atom is -0.316 e. The Morgan fingerprint density at radius 3 is 2.81 bits per heavy atom. The highest BCUT2D eigenvalue weighted by molar-refractivity contribution is 9.10. The van der Waals surface area contributed by atoms with Gasteiger partial charge in [-0.3, -0.25) is 4.79 Å². The molecule has 1 aromatic rings. The SMILES string of the molecule is CCNCC(C)C(=O)Nc1cnc(Br)cn1. The van der Waals surface area contributed by atoms with E-state index in [4.69, 9.17) is 0 Å². The van der Waals surface area contributed by atoms with Crippen LogP contribution in [0.25, 0.3) is 0 Å².